The molecule has 1 unspecified atom stereocenters. The summed E-state index contributed by atoms with van der Waals surface area (Å²) in [7, 11) is 0. The maximum atomic E-state index is 5.76. The molecule has 1 atom stereocenters. The summed E-state index contributed by atoms with van der Waals surface area (Å²) in [4.78, 5) is 0. The highest BCUT2D eigenvalue weighted by atomic mass is 16.5. The molecule has 2 aliphatic rings. The van der Waals surface area contributed by atoms with Crippen molar-refractivity contribution >= 4 is 5.69 Å². The van der Waals surface area contributed by atoms with E-state index in [0.29, 0.717) is 6.10 Å². The van der Waals surface area contributed by atoms with Gasteiger partial charge in [0.25, 0.3) is 0 Å². The lowest BCUT2D eigenvalue weighted by Crippen LogP contribution is -2.05. The van der Waals surface area contributed by atoms with E-state index in [4.69, 9.17) is 4.74 Å². The third-order valence-corrected chi connectivity index (χ3v) is 4.04. The van der Waals surface area contributed by atoms with E-state index in [1.165, 1.54) is 27.9 Å². The lowest BCUT2D eigenvalue weighted by atomic mass is 9.99. The second kappa shape index (κ2) is 4.02. The number of hydrogen-bond donors (Lipinski definition) is 1. The lowest BCUT2D eigenvalue weighted by Gasteiger charge is -2.07. The average molecular weight is 251 g/mol. The van der Waals surface area contributed by atoms with Gasteiger partial charge in [0.1, 0.15) is 11.9 Å². The van der Waals surface area contributed by atoms with Crippen molar-refractivity contribution in [1.29, 1.82) is 0 Å². The molecule has 96 valence electrons. The standard InChI is InChI=1S/C17H17NO/c1-11-8-15-10-13(3-5-17(15)19-11)12-2-4-16-14(9-12)6-7-18-16/h2-5,9-11,18H,6-8H2,1H3. The average Bonchev–Trinajstić information content (AvgIpc) is 3.01. The first-order valence-electron chi connectivity index (χ1n) is 6.96. The smallest absolute Gasteiger partial charge is 0.123 e. The number of hydrogen-bond acceptors (Lipinski definition) is 2. The summed E-state index contributed by atoms with van der Waals surface area (Å²) in [5, 5.41) is 3.41. The minimum Gasteiger partial charge on any atom is -0.490 e. The second-order valence-corrected chi connectivity index (χ2v) is 5.50. The van der Waals surface area contributed by atoms with Gasteiger partial charge in [0, 0.05) is 18.7 Å². The summed E-state index contributed by atoms with van der Waals surface area (Å²) in [6.07, 6.45) is 2.47. The van der Waals surface area contributed by atoms with E-state index < -0.39 is 0 Å². The van der Waals surface area contributed by atoms with Crippen LogP contribution in [0.25, 0.3) is 11.1 Å². The van der Waals surface area contributed by atoms with Crippen molar-refractivity contribution in [2.45, 2.75) is 25.9 Å². The number of anilines is 1. The van der Waals surface area contributed by atoms with Crippen LogP contribution in [-0.4, -0.2) is 12.6 Å². The molecule has 2 heteroatoms. The van der Waals surface area contributed by atoms with Crippen molar-refractivity contribution in [2.75, 3.05) is 11.9 Å². The van der Waals surface area contributed by atoms with Gasteiger partial charge < -0.3 is 10.1 Å². The fourth-order valence-corrected chi connectivity index (χ4v) is 3.09. The molecule has 0 saturated carbocycles. The zero-order valence-electron chi connectivity index (χ0n) is 11.1. The molecule has 0 amide bonds. The Morgan fingerprint density at radius 2 is 1.84 bits per heavy atom. The monoisotopic (exact) mass is 251 g/mol. The lowest BCUT2D eigenvalue weighted by molar-refractivity contribution is 0.254. The molecule has 0 aliphatic carbocycles. The summed E-state index contributed by atoms with van der Waals surface area (Å²) >= 11 is 0. The molecule has 2 heterocycles. The molecule has 0 spiro atoms. The van der Waals surface area contributed by atoms with Crippen molar-refractivity contribution in [3.8, 4) is 16.9 Å². The molecule has 0 aromatic heterocycles. The molecule has 2 aromatic carbocycles. The number of ether oxygens (including phenoxy) is 1. The van der Waals surface area contributed by atoms with Crippen molar-refractivity contribution in [1.82, 2.24) is 0 Å². The Morgan fingerprint density at radius 1 is 1.05 bits per heavy atom. The van der Waals surface area contributed by atoms with Crippen LogP contribution >= 0.6 is 0 Å². The second-order valence-electron chi connectivity index (χ2n) is 5.50. The van der Waals surface area contributed by atoms with Crippen molar-refractivity contribution in [3.63, 3.8) is 0 Å². The zero-order valence-corrected chi connectivity index (χ0v) is 11.1. The number of rotatable bonds is 1. The molecular weight excluding hydrogens is 234 g/mol. The molecule has 19 heavy (non-hydrogen) atoms. The van der Waals surface area contributed by atoms with E-state index in [2.05, 4.69) is 48.6 Å². The summed E-state index contributed by atoms with van der Waals surface area (Å²) < 4.78 is 5.76. The van der Waals surface area contributed by atoms with Crippen molar-refractivity contribution in [3.05, 3.63) is 47.5 Å². The Labute approximate surface area is 113 Å². The van der Waals surface area contributed by atoms with Crippen LogP contribution in [0.2, 0.25) is 0 Å². The van der Waals surface area contributed by atoms with Crippen molar-refractivity contribution in [2.24, 2.45) is 0 Å². The van der Waals surface area contributed by atoms with Crippen molar-refractivity contribution < 1.29 is 4.74 Å². The molecule has 4 rings (SSSR count). The number of benzene rings is 2. The molecule has 0 saturated heterocycles. The van der Waals surface area contributed by atoms with Crippen LogP contribution in [-0.2, 0) is 12.8 Å². The molecule has 0 bridgehead atoms. The molecular formula is C17H17NO. The van der Waals surface area contributed by atoms with Gasteiger partial charge in [0.05, 0.1) is 0 Å². The van der Waals surface area contributed by atoms with Gasteiger partial charge >= 0.3 is 0 Å². The van der Waals surface area contributed by atoms with Gasteiger partial charge in [0.15, 0.2) is 0 Å². The maximum Gasteiger partial charge on any atom is 0.123 e. The van der Waals surface area contributed by atoms with Gasteiger partial charge in [-0.05, 0) is 59.9 Å². The summed E-state index contributed by atoms with van der Waals surface area (Å²) in [5.74, 6) is 1.05. The summed E-state index contributed by atoms with van der Waals surface area (Å²) in [6, 6.07) is 13.3. The first-order valence-corrected chi connectivity index (χ1v) is 6.96. The van der Waals surface area contributed by atoms with E-state index in [9.17, 15) is 0 Å². The zero-order chi connectivity index (χ0) is 12.8. The first kappa shape index (κ1) is 10.9. The van der Waals surface area contributed by atoms with Gasteiger partial charge in [-0.1, -0.05) is 12.1 Å². The third kappa shape index (κ3) is 1.79. The Balaban J connectivity index is 1.75. The fourth-order valence-electron chi connectivity index (χ4n) is 3.09. The van der Waals surface area contributed by atoms with Gasteiger partial charge in [-0.3, -0.25) is 0 Å². The highest BCUT2D eigenvalue weighted by molar-refractivity contribution is 5.71. The molecule has 1 N–H and O–H groups in total. The van der Waals surface area contributed by atoms with Gasteiger partial charge in [0.2, 0.25) is 0 Å². The maximum absolute atomic E-state index is 5.76. The molecule has 2 aromatic rings. The summed E-state index contributed by atoms with van der Waals surface area (Å²) in [6.45, 7) is 3.19. The highest BCUT2D eigenvalue weighted by Gasteiger charge is 2.19. The van der Waals surface area contributed by atoms with E-state index >= 15 is 0 Å². The Kier molecular flexibility index (Phi) is 2.31. The molecule has 0 radical (unpaired) electrons. The van der Waals surface area contributed by atoms with Crippen LogP contribution in [0, 0.1) is 0 Å². The summed E-state index contributed by atoms with van der Waals surface area (Å²) in [5.41, 5.74) is 6.67. The Morgan fingerprint density at radius 3 is 2.74 bits per heavy atom. The van der Waals surface area contributed by atoms with Gasteiger partial charge in [-0.2, -0.15) is 0 Å². The van der Waals surface area contributed by atoms with Gasteiger partial charge in [-0.15, -0.1) is 0 Å². The van der Waals surface area contributed by atoms with Crippen LogP contribution in [0.15, 0.2) is 36.4 Å². The largest absolute Gasteiger partial charge is 0.490 e. The number of nitrogens with one attached hydrogen (secondary N) is 1. The minimum absolute atomic E-state index is 0.314. The molecule has 2 nitrogen and oxygen atoms in total. The van der Waals surface area contributed by atoms with Crippen LogP contribution in [0.1, 0.15) is 18.1 Å². The number of fused-ring (bicyclic) bond motifs is 2. The quantitative estimate of drug-likeness (QED) is 0.835. The normalized spacial score (nSPS) is 19.5. The predicted octanol–water partition coefficient (Wildman–Crippen LogP) is 3.65. The minimum atomic E-state index is 0.314. The third-order valence-electron chi connectivity index (χ3n) is 4.04. The van der Waals surface area contributed by atoms with E-state index in [1.54, 1.807) is 0 Å². The Hall–Kier alpha value is -1.96. The Bertz CT molecular complexity index is 648. The van der Waals surface area contributed by atoms with Crippen LogP contribution in [0.5, 0.6) is 5.75 Å². The van der Waals surface area contributed by atoms with Crippen LogP contribution in [0.3, 0.4) is 0 Å². The topological polar surface area (TPSA) is 21.3 Å². The van der Waals surface area contributed by atoms with Crippen LogP contribution in [0.4, 0.5) is 5.69 Å². The molecule has 0 fully saturated rings. The predicted molar refractivity (Wildman–Crippen MR) is 77.9 cm³/mol. The van der Waals surface area contributed by atoms with E-state index in [-0.39, 0.29) is 0 Å². The van der Waals surface area contributed by atoms with E-state index in [0.717, 1.165) is 25.1 Å². The van der Waals surface area contributed by atoms with Crippen LogP contribution < -0.4 is 10.1 Å². The highest BCUT2D eigenvalue weighted by Crippen LogP contribution is 2.34. The van der Waals surface area contributed by atoms with Gasteiger partial charge in [-0.25, -0.2) is 0 Å². The SMILES string of the molecule is CC1Cc2cc(-c3ccc4c(c3)CCN4)ccc2O1. The molecule has 2 aliphatic heterocycles. The first-order chi connectivity index (χ1) is 9.29. The van der Waals surface area contributed by atoms with E-state index in [1.807, 2.05) is 0 Å². The fraction of sp³-hybridized carbons (Fsp3) is 0.294.